The Morgan fingerprint density at radius 3 is 1.50 bits per heavy atom. The Morgan fingerprint density at radius 1 is 0.700 bits per heavy atom. The van der Waals surface area contributed by atoms with E-state index in [0.717, 1.165) is 71.5 Å². The van der Waals surface area contributed by atoms with E-state index < -0.39 is 34.4 Å². The number of nitrogens with one attached hydrogen (secondary N) is 1. The van der Waals surface area contributed by atoms with E-state index >= 15 is 0 Å². The largest absolute Gasteiger partial charge is 0.477 e. The lowest BCUT2D eigenvalue weighted by Crippen LogP contribution is -2.46. The quantitative estimate of drug-likeness (QED) is 0.262. The zero-order valence-corrected chi connectivity index (χ0v) is 27.8. The molecule has 2 aliphatic carbocycles. The molecule has 4 aliphatic rings. The van der Waals surface area contributed by atoms with Crippen molar-refractivity contribution in [2.75, 3.05) is 68.7 Å². The van der Waals surface area contributed by atoms with Crippen LogP contribution in [0.5, 0.6) is 0 Å². The molecule has 0 radical (unpaired) electrons. The first-order chi connectivity index (χ1) is 24.0. The number of hydrogen-bond donors (Lipinski definition) is 3. The summed E-state index contributed by atoms with van der Waals surface area (Å²) in [6.07, 6.45) is 6.60. The fourth-order valence-electron chi connectivity index (χ4n) is 7.03. The summed E-state index contributed by atoms with van der Waals surface area (Å²) in [6.45, 7) is 9.27. The van der Waals surface area contributed by atoms with Gasteiger partial charge in [-0.2, -0.15) is 0 Å². The van der Waals surface area contributed by atoms with Gasteiger partial charge < -0.3 is 39.4 Å². The summed E-state index contributed by atoms with van der Waals surface area (Å²) < 4.78 is 33.1. The van der Waals surface area contributed by atoms with Crippen LogP contribution in [0.3, 0.4) is 0 Å². The first kappa shape index (κ1) is 33.7. The van der Waals surface area contributed by atoms with Gasteiger partial charge in [-0.3, -0.25) is 9.59 Å². The van der Waals surface area contributed by atoms with E-state index in [1.54, 1.807) is 12.1 Å². The fourth-order valence-corrected chi connectivity index (χ4v) is 7.03. The van der Waals surface area contributed by atoms with Gasteiger partial charge in [-0.25, -0.2) is 18.4 Å². The summed E-state index contributed by atoms with van der Waals surface area (Å²) in [6, 6.07) is 6.20. The predicted octanol–water partition coefficient (Wildman–Crippen LogP) is 3.90. The minimum Gasteiger partial charge on any atom is -0.477 e. The Kier molecular flexibility index (Phi) is 9.07. The molecule has 8 rings (SSSR count). The average molecular weight is 691 g/mol. The van der Waals surface area contributed by atoms with Crippen LogP contribution in [0, 0.1) is 11.6 Å². The van der Waals surface area contributed by atoms with E-state index in [0.29, 0.717) is 35.5 Å². The first-order valence-corrected chi connectivity index (χ1v) is 17.2. The Hall–Kier alpha value is -4.82. The number of anilines is 2. The SMILES string of the molecule is CCN1CCN(c2cc3c(cc2F)c(=O)c(C(=O)O)cn3C2CC2)CC1.O=C(O)c1cn(C2CC2)c2cc(N3CCNCC3)c(F)cc2c1=O. The number of carbonyl (C=O) groups is 2. The number of nitrogens with zero attached hydrogens (tertiary/aromatic N) is 5. The lowest BCUT2D eigenvalue weighted by Gasteiger charge is -2.35. The molecule has 0 atom stereocenters. The van der Waals surface area contributed by atoms with Crippen LogP contribution in [-0.4, -0.2) is 95.1 Å². The number of fused-ring (bicyclic) bond motifs is 2. The first-order valence-electron chi connectivity index (χ1n) is 17.2. The van der Waals surface area contributed by atoms with Crippen molar-refractivity contribution in [2.24, 2.45) is 0 Å². The molecule has 0 bridgehead atoms. The Morgan fingerprint density at radius 2 is 1.12 bits per heavy atom. The monoisotopic (exact) mass is 690 g/mol. The molecule has 3 N–H and O–H groups in total. The van der Waals surface area contributed by atoms with Gasteiger partial charge in [0.1, 0.15) is 22.8 Å². The molecule has 14 heteroatoms. The summed E-state index contributed by atoms with van der Waals surface area (Å²) in [4.78, 5) is 53.9. The Bertz CT molecular complexity index is 2110. The molecule has 4 aromatic rings. The molecule has 50 heavy (non-hydrogen) atoms. The molecule has 2 aromatic heterocycles. The van der Waals surface area contributed by atoms with Crippen LogP contribution < -0.4 is 26.0 Å². The van der Waals surface area contributed by atoms with Gasteiger partial charge in [0, 0.05) is 87.6 Å². The molecular formula is C36H40F2N6O6. The van der Waals surface area contributed by atoms with Crippen molar-refractivity contribution in [3.05, 3.63) is 79.9 Å². The number of pyridine rings is 2. The minimum absolute atomic E-state index is 0.137. The second kappa shape index (κ2) is 13.5. The topological polar surface area (TPSA) is 140 Å². The van der Waals surface area contributed by atoms with Gasteiger partial charge in [-0.1, -0.05) is 6.92 Å². The number of benzene rings is 2. The third-order valence-corrected chi connectivity index (χ3v) is 10.2. The van der Waals surface area contributed by atoms with E-state index in [-0.39, 0.29) is 34.0 Å². The van der Waals surface area contributed by atoms with Gasteiger partial charge in [0.05, 0.1) is 22.4 Å². The molecule has 4 heterocycles. The van der Waals surface area contributed by atoms with E-state index in [4.69, 9.17) is 0 Å². The van der Waals surface area contributed by atoms with Crippen molar-refractivity contribution in [3.8, 4) is 0 Å². The van der Waals surface area contributed by atoms with Gasteiger partial charge in [0.15, 0.2) is 0 Å². The maximum Gasteiger partial charge on any atom is 0.341 e. The summed E-state index contributed by atoms with van der Waals surface area (Å²) in [5.74, 6) is -3.50. The number of carboxylic acid groups (broad SMARTS) is 2. The van der Waals surface area contributed by atoms with Gasteiger partial charge >= 0.3 is 11.9 Å². The van der Waals surface area contributed by atoms with Gasteiger partial charge in [0.25, 0.3) is 0 Å². The highest BCUT2D eigenvalue weighted by molar-refractivity contribution is 5.94. The number of hydrogen-bond acceptors (Lipinski definition) is 8. The second-order valence-corrected chi connectivity index (χ2v) is 13.4. The number of halogens is 2. The number of aromatic nitrogens is 2. The molecular weight excluding hydrogens is 650 g/mol. The lowest BCUT2D eigenvalue weighted by atomic mass is 10.1. The smallest absolute Gasteiger partial charge is 0.341 e. The molecule has 264 valence electrons. The maximum atomic E-state index is 14.8. The predicted molar refractivity (Wildman–Crippen MR) is 186 cm³/mol. The summed E-state index contributed by atoms with van der Waals surface area (Å²) in [5, 5.41) is 22.1. The van der Waals surface area contributed by atoms with Crippen LogP contribution in [0.1, 0.15) is 65.4 Å². The molecule has 2 aromatic carbocycles. The van der Waals surface area contributed by atoms with Crippen LogP contribution >= 0.6 is 0 Å². The van der Waals surface area contributed by atoms with Crippen LogP contribution in [0.2, 0.25) is 0 Å². The average Bonchev–Trinajstić information content (AvgIpc) is 4.04. The summed E-state index contributed by atoms with van der Waals surface area (Å²) in [7, 11) is 0. The molecule has 2 saturated heterocycles. The van der Waals surface area contributed by atoms with Gasteiger partial charge in [-0.15, -0.1) is 0 Å². The Labute approximate surface area is 286 Å². The molecule has 12 nitrogen and oxygen atoms in total. The highest BCUT2D eigenvalue weighted by Crippen LogP contribution is 2.39. The number of carboxylic acids is 2. The van der Waals surface area contributed by atoms with Gasteiger partial charge in [0.2, 0.25) is 10.9 Å². The van der Waals surface area contributed by atoms with E-state index in [2.05, 4.69) is 17.1 Å². The maximum absolute atomic E-state index is 14.8. The van der Waals surface area contributed by atoms with Crippen molar-refractivity contribution >= 4 is 45.1 Å². The van der Waals surface area contributed by atoms with Crippen molar-refractivity contribution in [1.29, 1.82) is 0 Å². The highest BCUT2D eigenvalue weighted by atomic mass is 19.1. The minimum atomic E-state index is -1.28. The van der Waals surface area contributed by atoms with Crippen molar-refractivity contribution < 1.29 is 28.6 Å². The number of likely N-dealkylation sites (N-methyl/N-ethyl adjacent to an activating group) is 1. The third-order valence-electron chi connectivity index (χ3n) is 10.2. The van der Waals surface area contributed by atoms with E-state index in [1.807, 2.05) is 18.9 Å². The zero-order valence-electron chi connectivity index (χ0n) is 27.8. The normalized spacial score (nSPS) is 18.3. The molecule has 2 aliphatic heterocycles. The molecule has 0 unspecified atom stereocenters. The molecule has 0 spiro atoms. The van der Waals surface area contributed by atoms with Crippen LogP contribution in [0.15, 0.2) is 46.2 Å². The summed E-state index contributed by atoms with van der Waals surface area (Å²) >= 11 is 0. The molecule has 4 fully saturated rings. The number of aromatic carboxylic acids is 2. The molecule has 2 saturated carbocycles. The summed E-state index contributed by atoms with van der Waals surface area (Å²) in [5.41, 5.74) is 0.355. The third kappa shape index (κ3) is 6.44. The second-order valence-electron chi connectivity index (χ2n) is 13.4. The fraction of sp³-hybridized carbons (Fsp3) is 0.444. The lowest BCUT2D eigenvalue weighted by molar-refractivity contribution is 0.0684. The Balaban J connectivity index is 0.000000157. The number of rotatable bonds is 7. The van der Waals surface area contributed by atoms with Gasteiger partial charge in [-0.05, 0) is 56.5 Å². The van der Waals surface area contributed by atoms with Crippen LogP contribution in [0.4, 0.5) is 20.2 Å². The molecule has 0 amide bonds. The van der Waals surface area contributed by atoms with Crippen molar-refractivity contribution in [2.45, 2.75) is 44.7 Å². The van der Waals surface area contributed by atoms with E-state index in [9.17, 15) is 38.2 Å². The van der Waals surface area contributed by atoms with Crippen LogP contribution in [-0.2, 0) is 0 Å². The van der Waals surface area contributed by atoms with E-state index in [1.165, 1.54) is 24.5 Å². The zero-order chi connectivity index (χ0) is 35.3. The number of piperazine rings is 2. The highest BCUT2D eigenvalue weighted by Gasteiger charge is 2.30. The van der Waals surface area contributed by atoms with Crippen LogP contribution in [0.25, 0.3) is 21.8 Å². The van der Waals surface area contributed by atoms with Crippen molar-refractivity contribution in [1.82, 2.24) is 19.4 Å². The van der Waals surface area contributed by atoms with Crippen molar-refractivity contribution in [3.63, 3.8) is 0 Å². The standard InChI is InChI=1S/C19H22FN3O3.C17H18FN3O3/c1-2-21-5-7-22(8-6-21)17-10-16-13(9-15(17)20)18(24)14(19(25)26)11-23(16)12-3-4-12;18-13-7-11-14(8-15(13)20-5-3-19-4-6-20)21(10-1-2-10)9-12(16(11)22)17(23)24/h9-12H,2-8H2,1H3,(H,25,26);7-10,19H,1-6H2,(H,23,24).